The molecule has 6 rings (SSSR count). The second kappa shape index (κ2) is 5.95. The monoisotopic (exact) mass is 395 g/mol. The molecule has 0 spiro atoms. The number of hydrogen-bond acceptors (Lipinski definition) is 1. The van der Waals surface area contributed by atoms with Gasteiger partial charge in [0.15, 0.2) is 0 Å². The third kappa shape index (κ3) is 2.27. The zero-order chi connectivity index (χ0) is 19.6. The lowest BCUT2D eigenvalue weighted by atomic mass is 9.71. The first-order chi connectivity index (χ1) is 14.2. The van der Waals surface area contributed by atoms with Crippen molar-refractivity contribution in [3.05, 3.63) is 113 Å². The number of anilines is 1. The highest BCUT2D eigenvalue weighted by atomic mass is 35.5. The van der Waals surface area contributed by atoms with Crippen LogP contribution in [0.4, 0.5) is 5.69 Å². The number of allylic oxidation sites excluding steroid dienone is 4. The fourth-order valence-corrected chi connectivity index (χ4v) is 5.32. The van der Waals surface area contributed by atoms with Crippen molar-refractivity contribution in [3.63, 3.8) is 0 Å². The van der Waals surface area contributed by atoms with E-state index in [0.717, 1.165) is 23.2 Å². The summed E-state index contributed by atoms with van der Waals surface area (Å²) in [4.78, 5) is 15.8. The lowest BCUT2D eigenvalue weighted by Crippen LogP contribution is -2.47. The Balaban J connectivity index is 1.63. The lowest BCUT2D eigenvalue weighted by molar-refractivity contribution is -0.118. The van der Waals surface area contributed by atoms with E-state index in [1.165, 1.54) is 16.3 Å². The summed E-state index contributed by atoms with van der Waals surface area (Å²) in [6.07, 6.45) is 11.2. The van der Waals surface area contributed by atoms with Gasteiger partial charge in [-0.3, -0.25) is 9.69 Å². The molecule has 3 aromatic carbocycles. The number of nitrogens with zero attached hydrogens (tertiary/aromatic N) is 1. The van der Waals surface area contributed by atoms with Gasteiger partial charge in [-0.25, -0.2) is 0 Å². The maximum absolute atomic E-state index is 13.8. The van der Waals surface area contributed by atoms with Crippen LogP contribution in [0.3, 0.4) is 0 Å². The second-order valence-electron chi connectivity index (χ2n) is 7.95. The third-order valence-electron chi connectivity index (χ3n) is 6.41. The van der Waals surface area contributed by atoms with Crippen molar-refractivity contribution in [2.75, 3.05) is 4.90 Å². The Kier molecular flexibility index (Phi) is 3.45. The SMILES string of the molecule is O=C1C2C3=CC=CC=CC3(Cc3cc4ccccc4cc32)N1c1ccc(Cl)cc1. The molecule has 3 aliphatic rings. The van der Waals surface area contributed by atoms with Crippen LogP contribution in [0.15, 0.2) is 96.6 Å². The van der Waals surface area contributed by atoms with Crippen molar-refractivity contribution in [2.45, 2.75) is 17.9 Å². The third-order valence-corrected chi connectivity index (χ3v) is 6.66. The van der Waals surface area contributed by atoms with Crippen LogP contribution in [0, 0.1) is 0 Å². The van der Waals surface area contributed by atoms with Crippen molar-refractivity contribution < 1.29 is 4.79 Å². The molecule has 2 bridgehead atoms. The quantitative estimate of drug-likeness (QED) is 0.497. The van der Waals surface area contributed by atoms with Crippen LogP contribution in [-0.2, 0) is 11.2 Å². The molecule has 1 fully saturated rings. The molecule has 1 aliphatic heterocycles. The number of halogens is 1. The maximum atomic E-state index is 13.8. The molecule has 1 heterocycles. The van der Waals surface area contributed by atoms with E-state index in [4.69, 9.17) is 11.6 Å². The first kappa shape index (κ1) is 16.8. The highest BCUT2D eigenvalue weighted by Gasteiger charge is 2.57. The van der Waals surface area contributed by atoms with E-state index in [9.17, 15) is 4.79 Å². The fraction of sp³-hybridized carbons (Fsp3) is 0.115. The van der Waals surface area contributed by atoms with Gasteiger partial charge in [0, 0.05) is 17.1 Å². The molecule has 2 aliphatic carbocycles. The predicted molar refractivity (Wildman–Crippen MR) is 118 cm³/mol. The van der Waals surface area contributed by atoms with Gasteiger partial charge in [0.05, 0.1) is 11.5 Å². The smallest absolute Gasteiger partial charge is 0.239 e. The summed E-state index contributed by atoms with van der Waals surface area (Å²) in [6.45, 7) is 0. The van der Waals surface area contributed by atoms with Crippen LogP contribution >= 0.6 is 11.6 Å². The average Bonchev–Trinajstić information content (AvgIpc) is 2.86. The van der Waals surface area contributed by atoms with Gasteiger partial charge < -0.3 is 0 Å². The minimum absolute atomic E-state index is 0.132. The Labute approximate surface area is 174 Å². The van der Waals surface area contributed by atoms with Crippen LogP contribution in [0.1, 0.15) is 17.0 Å². The Hall–Kier alpha value is -3.10. The van der Waals surface area contributed by atoms with Gasteiger partial charge in [-0.2, -0.15) is 0 Å². The van der Waals surface area contributed by atoms with Gasteiger partial charge in [-0.15, -0.1) is 0 Å². The molecule has 2 atom stereocenters. The first-order valence-electron chi connectivity index (χ1n) is 9.85. The zero-order valence-electron chi connectivity index (χ0n) is 15.7. The average molecular weight is 396 g/mol. The lowest BCUT2D eigenvalue weighted by Gasteiger charge is -2.39. The zero-order valence-corrected chi connectivity index (χ0v) is 16.4. The minimum Gasteiger partial charge on any atom is -0.298 e. The van der Waals surface area contributed by atoms with E-state index in [-0.39, 0.29) is 11.8 Å². The topological polar surface area (TPSA) is 20.3 Å². The summed E-state index contributed by atoms with van der Waals surface area (Å²) in [6, 6.07) is 20.5. The van der Waals surface area contributed by atoms with E-state index in [1.807, 2.05) is 41.3 Å². The van der Waals surface area contributed by atoms with Crippen molar-refractivity contribution >= 4 is 34.0 Å². The van der Waals surface area contributed by atoms with Gasteiger partial charge >= 0.3 is 0 Å². The Morgan fingerprint density at radius 3 is 2.48 bits per heavy atom. The van der Waals surface area contributed by atoms with E-state index in [1.54, 1.807) is 0 Å². The van der Waals surface area contributed by atoms with E-state index in [2.05, 4.69) is 54.6 Å². The molecule has 0 N–H and O–H groups in total. The highest BCUT2D eigenvalue weighted by molar-refractivity contribution is 6.30. The normalized spacial score (nSPS) is 24.3. The summed E-state index contributed by atoms with van der Waals surface area (Å²) in [5.74, 6) is -0.126. The summed E-state index contributed by atoms with van der Waals surface area (Å²) in [5.41, 5.74) is 3.95. The molecule has 2 unspecified atom stereocenters. The van der Waals surface area contributed by atoms with E-state index in [0.29, 0.717) is 5.02 Å². The summed E-state index contributed by atoms with van der Waals surface area (Å²) >= 11 is 6.12. The number of carbonyl (C=O) groups excluding carboxylic acids is 1. The van der Waals surface area contributed by atoms with Crippen LogP contribution in [-0.4, -0.2) is 11.4 Å². The molecule has 1 amide bonds. The molecule has 0 saturated carbocycles. The van der Waals surface area contributed by atoms with Crippen LogP contribution in [0.5, 0.6) is 0 Å². The van der Waals surface area contributed by atoms with Crippen LogP contribution in [0.25, 0.3) is 10.8 Å². The summed E-state index contributed by atoms with van der Waals surface area (Å²) in [7, 11) is 0. The number of fused-ring (bicyclic) bond motifs is 3. The van der Waals surface area contributed by atoms with Crippen molar-refractivity contribution in [1.29, 1.82) is 0 Å². The molecule has 1 saturated heterocycles. The molecule has 3 aromatic rings. The van der Waals surface area contributed by atoms with Gasteiger partial charge in [0.25, 0.3) is 0 Å². The summed E-state index contributed by atoms with van der Waals surface area (Å²) in [5, 5.41) is 3.07. The van der Waals surface area contributed by atoms with Crippen molar-refractivity contribution in [3.8, 4) is 0 Å². The molecule has 140 valence electrons. The first-order valence-corrected chi connectivity index (χ1v) is 10.2. The molecule has 3 heteroatoms. The maximum Gasteiger partial charge on any atom is 0.239 e. The minimum atomic E-state index is -0.478. The summed E-state index contributed by atoms with van der Waals surface area (Å²) < 4.78 is 0. The molecule has 29 heavy (non-hydrogen) atoms. The standard InChI is InChI=1S/C26H18ClNO/c27-20-9-11-21(12-10-20)28-25(29)24-22-15-18-7-4-3-6-17(18)14-19(22)16-26(28)13-5-1-2-8-23(24)26/h1-15,24H,16H2. The van der Waals surface area contributed by atoms with Crippen LogP contribution < -0.4 is 4.90 Å². The largest absolute Gasteiger partial charge is 0.298 e. The van der Waals surface area contributed by atoms with Gasteiger partial charge in [-0.1, -0.05) is 72.3 Å². The van der Waals surface area contributed by atoms with E-state index >= 15 is 0 Å². The number of benzene rings is 3. The molecule has 0 radical (unpaired) electrons. The number of carbonyl (C=O) groups is 1. The molecule has 2 nitrogen and oxygen atoms in total. The van der Waals surface area contributed by atoms with Crippen molar-refractivity contribution in [2.24, 2.45) is 0 Å². The van der Waals surface area contributed by atoms with Crippen molar-refractivity contribution in [1.82, 2.24) is 0 Å². The predicted octanol–water partition coefficient (Wildman–Crippen LogP) is 5.97. The van der Waals surface area contributed by atoms with E-state index < -0.39 is 5.54 Å². The van der Waals surface area contributed by atoms with Gasteiger partial charge in [0.1, 0.15) is 0 Å². The molecular formula is C26H18ClNO. The van der Waals surface area contributed by atoms with Crippen LogP contribution in [0.2, 0.25) is 5.02 Å². The Bertz CT molecular complexity index is 1270. The Morgan fingerprint density at radius 1 is 0.931 bits per heavy atom. The number of amides is 1. The highest BCUT2D eigenvalue weighted by Crippen LogP contribution is 2.55. The fourth-order valence-electron chi connectivity index (χ4n) is 5.19. The number of hydrogen-bond donors (Lipinski definition) is 0. The number of rotatable bonds is 1. The molecular weight excluding hydrogens is 378 g/mol. The second-order valence-corrected chi connectivity index (χ2v) is 8.38. The molecule has 0 aromatic heterocycles. The van der Waals surface area contributed by atoms with Gasteiger partial charge in [-0.05, 0) is 57.8 Å². The van der Waals surface area contributed by atoms with Gasteiger partial charge in [0.2, 0.25) is 5.91 Å². The Morgan fingerprint density at radius 2 is 1.69 bits per heavy atom.